The van der Waals surface area contributed by atoms with Gasteiger partial charge in [0.2, 0.25) is 0 Å². The quantitative estimate of drug-likeness (QED) is 0.175. The summed E-state index contributed by atoms with van der Waals surface area (Å²) in [5.74, 6) is 0.693. The van der Waals surface area contributed by atoms with Gasteiger partial charge in [0.05, 0.1) is 11.0 Å². The number of rotatable bonds is 5. The number of para-hydroxylation sites is 3. The fourth-order valence-corrected chi connectivity index (χ4v) is 7.52. The third-order valence-electron chi connectivity index (χ3n) is 10.6. The van der Waals surface area contributed by atoms with Crippen molar-refractivity contribution in [1.29, 1.82) is 0 Å². The van der Waals surface area contributed by atoms with Crippen molar-refractivity contribution in [3.05, 3.63) is 157 Å². The van der Waals surface area contributed by atoms with Gasteiger partial charge in [0.1, 0.15) is 22.5 Å². The second kappa shape index (κ2) is 14.1. The van der Waals surface area contributed by atoms with Gasteiger partial charge in [0, 0.05) is 49.4 Å². The average molecular weight is 912 g/mol. The maximum atomic E-state index is 11.6. The Morgan fingerprint density at radius 2 is 1.36 bits per heavy atom. The first kappa shape index (κ1) is 37.2. The van der Waals surface area contributed by atoms with Crippen molar-refractivity contribution in [3.63, 3.8) is 0 Å². The molecule has 0 aliphatic carbocycles. The molecule has 0 spiro atoms. The number of pyridine rings is 1. The number of nitrogens with zero attached hydrogens (tertiary/aromatic N) is 3. The molecule has 3 aromatic heterocycles. The molecule has 6 heteroatoms. The van der Waals surface area contributed by atoms with Gasteiger partial charge in [-0.15, -0.1) is 29.3 Å². The van der Waals surface area contributed by atoms with Crippen LogP contribution >= 0.6 is 0 Å². The molecule has 0 saturated carbocycles. The molecule has 0 saturated heterocycles. The van der Waals surface area contributed by atoms with Crippen molar-refractivity contribution >= 4 is 33.0 Å². The predicted molar refractivity (Wildman–Crippen MR) is 226 cm³/mol. The van der Waals surface area contributed by atoms with Gasteiger partial charge in [-0.3, -0.25) is 9.55 Å². The van der Waals surface area contributed by atoms with Crippen molar-refractivity contribution in [3.8, 4) is 56.3 Å². The van der Waals surface area contributed by atoms with E-state index in [1.54, 1.807) is 6.07 Å². The van der Waals surface area contributed by atoms with Crippen molar-refractivity contribution in [2.75, 3.05) is 0 Å². The second-order valence-corrected chi connectivity index (χ2v) is 16.4. The summed E-state index contributed by atoms with van der Waals surface area (Å²) in [7, 11) is 0. The Labute approximate surface area is 342 Å². The molecule has 0 aliphatic rings. The van der Waals surface area contributed by atoms with Gasteiger partial charge >= 0.3 is 0 Å². The van der Waals surface area contributed by atoms with Crippen LogP contribution in [-0.4, -0.2) is 19.6 Å². The molecule has 9 aromatic rings. The van der Waals surface area contributed by atoms with E-state index in [9.17, 15) is 5.11 Å². The van der Waals surface area contributed by atoms with E-state index in [-0.39, 0.29) is 37.6 Å². The maximum Gasteiger partial charge on any atom is 0.152 e. The topological polar surface area (TPSA) is 64.1 Å². The van der Waals surface area contributed by atoms with Crippen LogP contribution in [0, 0.1) is 6.07 Å². The van der Waals surface area contributed by atoms with Gasteiger partial charge in [-0.1, -0.05) is 132 Å². The van der Waals surface area contributed by atoms with Gasteiger partial charge < -0.3 is 9.52 Å². The van der Waals surface area contributed by atoms with Crippen LogP contribution in [0.3, 0.4) is 0 Å². The molecule has 0 atom stereocenters. The summed E-state index contributed by atoms with van der Waals surface area (Å²) in [6.07, 6.45) is 1.89. The number of hydrogen-bond acceptors (Lipinski definition) is 4. The fourth-order valence-electron chi connectivity index (χ4n) is 7.52. The molecule has 280 valence electrons. The smallest absolute Gasteiger partial charge is 0.152 e. The third-order valence-corrected chi connectivity index (χ3v) is 10.6. The normalized spacial score (nSPS) is 12.0. The summed E-state index contributed by atoms with van der Waals surface area (Å²) in [4.78, 5) is 10.3. The van der Waals surface area contributed by atoms with Crippen molar-refractivity contribution < 1.29 is 30.6 Å². The SMILES string of the molecule is CC(C)(C)c1ccc(-c2ccnc(-c3[c-]c(-c4cccc5c4nc(-c4c(O)ccc6c4oc4ccccc46)n5-c4ccccc4)cc(C(C)(C)C)c3)c2)cc1.[Pt]. The standard InChI is InChI=1S/C50H42N3O2.Pt/c1-49(2,3)35-21-19-31(20-22-35)32-25-26-51-41(30-32)34-27-33(28-36(29-34)50(4,5)6)38-16-12-17-42-46(38)52-48(53(42)37-13-8-7-9-14-37)45-43(54)24-23-40-39-15-10-11-18-44(39)55-47(40)45;/h7-26,28-30,54H,1-6H3;/q-1;. The summed E-state index contributed by atoms with van der Waals surface area (Å²) in [6, 6.07) is 49.3. The molecular weight excluding hydrogens is 870 g/mol. The first-order valence-corrected chi connectivity index (χ1v) is 18.8. The molecule has 9 rings (SSSR count). The first-order valence-electron chi connectivity index (χ1n) is 18.8. The number of aromatic hydroxyl groups is 1. The largest absolute Gasteiger partial charge is 0.507 e. The van der Waals surface area contributed by atoms with Gasteiger partial charge in [-0.05, 0) is 70.0 Å². The number of benzene rings is 6. The Kier molecular flexibility index (Phi) is 9.33. The minimum absolute atomic E-state index is 0. The summed E-state index contributed by atoms with van der Waals surface area (Å²) in [5, 5.41) is 13.5. The van der Waals surface area contributed by atoms with Gasteiger partial charge in [0.25, 0.3) is 0 Å². The molecule has 5 nitrogen and oxygen atoms in total. The number of hydrogen-bond donors (Lipinski definition) is 1. The van der Waals surface area contributed by atoms with E-state index in [4.69, 9.17) is 14.4 Å². The average Bonchev–Trinajstić information content (AvgIpc) is 3.76. The Morgan fingerprint density at radius 1 is 0.643 bits per heavy atom. The maximum absolute atomic E-state index is 11.6. The fraction of sp³-hybridized carbons (Fsp3) is 0.160. The molecule has 0 fully saturated rings. The molecule has 0 radical (unpaired) electrons. The summed E-state index contributed by atoms with van der Waals surface area (Å²) in [5.41, 5.74) is 12.8. The zero-order valence-corrected chi connectivity index (χ0v) is 34.6. The van der Waals surface area contributed by atoms with Gasteiger partial charge in [0.15, 0.2) is 5.82 Å². The van der Waals surface area contributed by atoms with Crippen LogP contribution in [-0.2, 0) is 31.9 Å². The van der Waals surface area contributed by atoms with E-state index in [1.165, 1.54) is 11.1 Å². The molecular formula is C50H42N3O2Pt-. The van der Waals surface area contributed by atoms with Crippen LogP contribution in [0.4, 0.5) is 0 Å². The van der Waals surface area contributed by atoms with Crippen molar-refractivity contribution in [2.24, 2.45) is 0 Å². The molecule has 56 heavy (non-hydrogen) atoms. The van der Waals surface area contributed by atoms with Crippen LogP contribution in [0.1, 0.15) is 52.7 Å². The van der Waals surface area contributed by atoms with E-state index in [2.05, 4.69) is 131 Å². The van der Waals surface area contributed by atoms with E-state index >= 15 is 0 Å². The van der Waals surface area contributed by atoms with Crippen molar-refractivity contribution in [2.45, 2.75) is 52.4 Å². The molecule has 0 unspecified atom stereocenters. The van der Waals surface area contributed by atoms with E-state index < -0.39 is 0 Å². The summed E-state index contributed by atoms with van der Waals surface area (Å²) in [6.45, 7) is 13.4. The van der Waals surface area contributed by atoms with Crippen LogP contribution in [0.2, 0.25) is 0 Å². The van der Waals surface area contributed by atoms with E-state index in [0.29, 0.717) is 17.0 Å². The molecule has 0 bridgehead atoms. The molecule has 6 aromatic carbocycles. The zero-order valence-electron chi connectivity index (χ0n) is 32.3. The van der Waals surface area contributed by atoms with Gasteiger partial charge in [-0.25, -0.2) is 4.98 Å². The van der Waals surface area contributed by atoms with Crippen molar-refractivity contribution in [1.82, 2.24) is 14.5 Å². The van der Waals surface area contributed by atoms with E-state index in [0.717, 1.165) is 66.6 Å². The summed E-state index contributed by atoms with van der Waals surface area (Å²) < 4.78 is 8.59. The first-order chi connectivity index (χ1) is 26.4. The van der Waals surface area contributed by atoms with Crippen LogP contribution in [0.5, 0.6) is 5.75 Å². The second-order valence-electron chi connectivity index (χ2n) is 16.4. The monoisotopic (exact) mass is 911 g/mol. The number of aromatic nitrogens is 3. The van der Waals surface area contributed by atoms with Crippen LogP contribution in [0.25, 0.3) is 83.6 Å². The molecule has 3 heterocycles. The Hall–Kier alpha value is -5.77. The van der Waals surface area contributed by atoms with Crippen LogP contribution in [0.15, 0.2) is 144 Å². The number of phenols is 1. The minimum Gasteiger partial charge on any atom is -0.507 e. The zero-order chi connectivity index (χ0) is 38.1. The number of phenolic OH excluding ortho intramolecular Hbond substituents is 1. The Balaban J connectivity index is 0.00000441. The number of fused-ring (bicyclic) bond motifs is 4. The van der Waals surface area contributed by atoms with Gasteiger partial charge in [-0.2, -0.15) is 0 Å². The predicted octanol–water partition coefficient (Wildman–Crippen LogP) is 13.1. The van der Waals surface area contributed by atoms with E-state index in [1.807, 2.05) is 54.7 Å². The Morgan fingerprint density at radius 3 is 2.11 bits per heavy atom. The molecule has 1 N–H and O–H groups in total. The number of imidazole rings is 1. The van der Waals surface area contributed by atoms with Crippen LogP contribution < -0.4 is 0 Å². The Bertz CT molecular complexity index is 2890. The molecule has 0 aliphatic heterocycles. The number of furan rings is 1. The molecule has 0 amide bonds. The third kappa shape index (κ3) is 6.54. The minimum atomic E-state index is -0.149. The summed E-state index contributed by atoms with van der Waals surface area (Å²) >= 11 is 0.